The van der Waals surface area contributed by atoms with Crippen molar-refractivity contribution >= 4 is 5.91 Å². The van der Waals surface area contributed by atoms with Crippen molar-refractivity contribution in [1.82, 2.24) is 9.55 Å². The summed E-state index contributed by atoms with van der Waals surface area (Å²) >= 11 is 0. The topological polar surface area (TPSA) is 97.9 Å². The summed E-state index contributed by atoms with van der Waals surface area (Å²) in [5, 5.41) is 0. The zero-order valence-electron chi connectivity index (χ0n) is 8.23. The fourth-order valence-electron chi connectivity index (χ4n) is 1.20. The molecule has 0 fully saturated rings. The van der Waals surface area contributed by atoms with Gasteiger partial charge in [0.25, 0.3) is 5.56 Å². The molecule has 3 N–H and O–H groups in total. The van der Waals surface area contributed by atoms with Crippen LogP contribution in [0.4, 0.5) is 0 Å². The molecule has 1 aromatic heterocycles. The second-order valence-corrected chi connectivity index (χ2v) is 3.23. The molecule has 0 unspecified atom stereocenters. The van der Waals surface area contributed by atoms with Gasteiger partial charge in [-0.25, -0.2) is 4.79 Å². The van der Waals surface area contributed by atoms with Crippen LogP contribution in [0.2, 0.25) is 0 Å². The summed E-state index contributed by atoms with van der Waals surface area (Å²) < 4.78 is 1.39. The Morgan fingerprint density at radius 3 is 2.73 bits per heavy atom. The third kappa shape index (κ3) is 3.80. The number of aromatic nitrogens is 2. The monoisotopic (exact) mass is 211 g/mol. The van der Waals surface area contributed by atoms with Crippen molar-refractivity contribution in [2.45, 2.75) is 25.8 Å². The third-order valence-corrected chi connectivity index (χ3v) is 1.97. The third-order valence-electron chi connectivity index (χ3n) is 1.97. The van der Waals surface area contributed by atoms with Crippen LogP contribution < -0.4 is 17.0 Å². The first-order valence-corrected chi connectivity index (χ1v) is 4.67. The molecule has 82 valence electrons. The standard InChI is InChI=1S/C9H13N3O3/c10-7(13)3-1-2-5-12-6-4-8(14)11-9(12)15/h4,6H,1-3,5H2,(H2,10,13)(H,11,14,15). The number of hydrogen-bond acceptors (Lipinski definition) is 3. The van der Waals surface area contributed by atoms with Gasteiger partial charge in [0, 0.05) is 25.2 Å². The normalized spacial score (nSPS) is 10.1. The van der Waals surface area contributed by atoms with Crippen molar-refractivity contribution in [1.29, 1.82) is 0 Å². The van der Waals surface area contributed by atoms with Gasteiger partial charge in [0.2, 0.25) is 5.91 Å². The average Bonchev–Trinajstić information content (AvgIpc) is 2.14. The van der Waals surface area contributed by atoms with E-state index < -0.39 is 11.2 Å². The quantitative estimate of drug-likeness (QED) is 0.623. The lowest BCUT2D eigenvalue weighted by molar-refractivity contribution is -0.118. The van der Waals surface area contributed by atoms with Gasteiger partial charge in [-0.1, -0.05) is 0 Å². The number of carbonyl (C=O) groups is 1. The van der Waals surface area contributed by atoms with Crippen LogP contribution in [0.3, 0.4) is 0 Å². The smallest absolute Gasteiger partial charge is 0.328 e. The molecule has 1 heterocycles. The number of aromatic amines is 1. The Hall–Kier alpha value is -1.85. The van der Waals surface area contributed by atoms with E-state index >= 15 is 0 Å². The minimum Gasteiger partial charge on any atom is -0.370 e. The van der Waals surface area contributed by atoms with Crippen LogP contribution in [0.25, 0.3) is 0 Å². The van der Waals surface area contributed by atoms with Crippen molar-refractivity contribution < 1.29 is 4.79 Å². The largest absolute Gasteiger partial charge is 0.370 e. The summed E-state index contributed by atoms with van der Waals surface area (Å²) in [5.74, 6) is -0.344. The van der Waals surface area contributed by atoms with E-state index in [2.05, 4.69) is 4.98 Å². The van der Waals surface area contributed by atoms with E-state index in [1.807, 2.05) is 0 Å². The van der Waals surface area contributed by atoms with Gasteiger partial charge in [0.05, 0.1) is 0 Å². The average molecular weight is 211 g/mol. The first kappa shape index (κ1) is 11.2. The molecule has 6 nitrogen and oxygen atoms in total. The predicted octanol–water partition coefficient (Wildman–Crippen LogP) is -0.808. The second-order valence-electron chi connectivity index (χ2n) is 3.23. The minimum absolute atomic E-state index is 0.318. The Balaban J connectivity index is 2.48. The number of carbonyl (C=O) groups excluding carboxylic acids is 1. The van der Waals surface area contributed by atoms with Gasteiger partial charge < -0.3 is 10.3 Å². The van der Waals surface area contributed by atoms with Crippen molar-refractivity contribution in [2.24, 2.45) is 5.73 Å². The molecule has 0 saturated heterocycles. The molecule has 0 aromatic carbocycles. The van der Waals surface area contributed by atoms with Crippen LogP contribution in [-0.2, 0) is 11.3 Å². The van der Waals surface area contributed by atoms with Crippen molar-refractivity contribution in [3.63, 3.8) is 0 Å². The maximum Gasteiger partial charge on any atom is 0.328 e. The van der Waals surface area contributed by atoms with Crippen LogP contribution in [0.1, 0.15) is 19.3 Å². The van der Waals surface area contributed by atoms with Crippen LogP contribution in [0.15, 0.2) is 21.9 Å². The van der Waals surface area contributed by atoms with Gasteiger partial charge in [-0.2, -0.15) is 0 Å². The summed E-state index contributed by atoms with van der Waals surface area (Å²) in [4.78, 5) is 34.5. The Morgan fingerprint density at radius 1 is 1.40 bits per heavy atom. The fourth-order valence-corrected chi connectivity index (χ4v) is 1.20. The minimum atomic E-state index is -0.429. The molecule has 0 atom stereocenters. The highest BCUT2D eigenvalue weighted by Gasteiger charge is 1.97. The lowest BCUT2D eigenvalue weighted by Crippen LogP contribution is -2.28. The molecule has 1 aromatic rings. The number of nitrogens with two attached hydrogens (primary N) is 1. The summed E-state index contributed by atoms with van der Waals surface area (Å²) in [6.45, 7) is 0.475. The number of nitrogens with zero attached hydrogens (tertiary/aromatic N) is 1. The number of aryl methyl sites for hydroxylation is 1. The maximum atomic E-state index is 11.2. The zero-order valence-corrected chi connectivity index (χ0v) is 8.23. The molecule has 0 aliphatic carbocycles. The number of amides is 1. The maximum absolute atomic E-state index is 11.2. The zero-order chi connectivity index (χ0) is 11.3. The Labute approximate surface area is 85.7 Å². The summed E-state index contributed by atoms with van der Waals surface area (Å²) in [7, 11) is 0. The highest BCUT2D eigenvalue weighted by atomic mass is 16.2. The van der Waals surface area contributed by atoms with Gasteiger partial charge in [-0.05, 0) is 12.8 Å². The number of primary amides is 1. The predicted molar refractivity (Wildman–Crippen MR) is 54.4 cm³/mol. The Kier molecular flexibility index (Phi) is 3.84. The molecule has 0 radical (unpaired) electrons. The van der Waals surface area contributed by atoms with Crippen LogP contribution in [0.5, 0.6) is 0 Å². The molecule has 0 bridgehead atoms. The van der Waals surface area contributed by atoms with E-state index in [1.165, 1.54) is 16.8 Å². The molecular formula is C9H13N3O3. The van der Waals surface area contributed by atoms with Crippen LogP contribution >= 0.6 is 0 Å². The van der Waals surface area contributed by atoms with Crippen LogP contribution in [-0.4, -0.2) is 15.5 Å². The summed E-state index contributed by atoms with van der Waals surface area (Å²) in [6, 6.07) is 1.29. The Bertz CT molecular complexity index is 446. The van der Waals surface area contributed by atoms with E-state index in [0.29, 0.717) is 25.8 Å². The lowest BCUT2D eigenvalue weighted by atomic mass is 10.2. The molecule has 1 rings (SSSR count). The molecule has 15 heavy (non-hydrogen) atoms. The van der Waals surface area contributed by atoms with E-state index in [0.717, 1.165) is 0 Å². The summed E-state index contributed by atoms with van der Waals surface area (Å²) in [6.07, 6.45) is 3.07. The van der Waals surface area contributed by atoms with Crippen molar-refractivity contribution in [3.8, 4) is 0 Å². The molecule has 0 spiro atoms. The molecule has 0 aliphatic rings. The molecule has 1 amide bonds. The van der Waals surface area contributed by atoms with E-state index in [9.17, 15) is 14.4 Å². The number of H-pyrrole nitrogens is 1. The highest BCUT2D eigenvalue weighted by Crippen LogP contribution is 1.95. The Morgan fingerprint density at radius 2 is 2.13 bits per heavy atom. The summed E-state index contributed by atoms with van der Waals surface area (Å²) in [5.41, 5.74) is 4.13. The van der Waals surface area contributed by atoms with Crippen LogP contribution in [0, 0.1) is 0 Å². The SMILES string of the molecule is NC(=O)CCCCn1ccc(=O)[nH]c1=O. The molecule has 6 heteroatoms. The van der Waals surface area contributed by atoms with E-state index in [1.54, 1.807) is 0 Å². The first-order chi connectivity index (χ1) is 7.09. The van der Waals surface area contributed by atoms with Gasteiger partial charge >= 0.3 is 5.69 Å². The van der Waals surface area contributed by atoms with Gasteiger partial charge in [0.1, 0.15) is 0 Å². The fraction of sp³-hybridized carbons (Fsp3) is 0.444. The first-order valence-electron chi connectivity index (χ1n) is 4.67. The number of rotatable bonds is 5. The highest BCUT2D eigenvalue weighted by molar-refractivity contribution is 5.73. The van der Waals surface area contributed by atoms with Crippen molar-refractivity contribution in [3.05, 3.63) is 33.1 Å². The number of hydrogen-bond donors (Lipinski definition) is 2. The van der Waals surface area contributed by atoms with Gasteiger partial charge in [-0.3, -0.25) is 14.6 Å². The van der Waals surface area contributed by atoms with Gasteiger partial charge in [0.15, 0.2) is 0 Å². The molecule has 0 saturated carbocycles. The molecule has 0 aliphatic heterocycles. The van der Waals surface area contributed by atoms with E-state index in [-0.39, 0.29) is 5.91 Å². The van der Waals surface area contributed by atoms with E-state index in [4.69, 9.17) is 5.73 Å². The number of nitrogens with one attached hydrogen (secondary N) is 1. The number of unbranched alkanes of at least 4 members (excludes halogenated alkanes) is 1. The second kappa shape index (κ2) is 5.14. The molecular weight excluding hydrogens is 198 g/mol. The van der Waals surface area contributed by atoms with Crippen molar-refractivity contribution in [2.75, 3.05) is 0 Å². The lowest BCUT2D eigenvalue weighted by Gasteiger charge is -2.02. The van der Waals surface area contributed by atoms with Gasteiger partial charge in [-0.15, -0.1) is 0 Å².